The van der Waals surface area contributed by atoms with Crippen molar-refractivity contribution >= 4 is 11.6 Å². The molecule has 1 amide bonds. The zero-order valence-electron chi connectivity index (χ0n) is 11.1. The lowest BCUT2D eigenvalue weighted by atomic mass is 10.1. The van der Waals surface area contributed by atoms with E-state index >= 15 is 0 Å². The van der Waals surface area contributed by atoms with Crippen LogP contribution in [0.15, 0.2) is 18.2 Å². The molecule has 2 N–H and O–H groups in total. The van der Waals surface area contributed by atoms with E-state index in [9.17, 15) is 4.79 Å². The van der Waals surface area contributed by atoms with Crippen LogP contribution in [0.1, 0.15) is 36.2 Å². The predicted octanol–water partition coefficient (Wildman–Crippen LogP) is 2.81. The van der Waals surface area contributed by atoms with Crippen molar-refractivity contribution < 1.29 is 4.79 Å². The van der Waals surface area contributed by atoms with E-state index in [2.05, 4.69) is 24.5 Å². The monoisotopic (exact) mass is 234 g/mol. The third-order valence-corrected chi connectivity index (χ3v) is 2.70. The van der Waals surface area contributed by atoms with Crippen molar-refractivity contribution in [3.8, 4) is 0 Å². The van der Waals surface area contributed by atoms with Gasteiger partial charge < -0.3 is 10.6 Å². The maximum Gasteiger partial charge on any atom is 0.253 e. The molecule has 17 heavy (non-hydrogen) atoms. The van der Waals surface area contributed by atoms with Crippen molar-refractivity contribution in [2.75, 3.05) is 18.9 Å². The lowest BCUT2D eigenvalue weighted by Crippen LogP contribution is -2.26. The minimum atomic E-state index is -0.00463. The van der Waals surface area contributed by atoms with Crippen LogP contribution in [-0.2, 0) is 0 Å². The number of carbonyl (C=O) groups excluding carboxylic acids is 1. The molecule has 1 rings (SSSR count). The van der Waals surface area contributed by atoms with Crippen molar-refractivity contribution in [3.63, 3.8) is 0 Å². The fourth-order valence-corrected chi connectivity index (χ4v) is 1.63. The van der Waals surface area contributed by atoms with Crippen molar-refractivity contribution in [1.29, 1.82) is 0 Å². The van der Waals surface area contributed by atoms with Gasteiger partial charge in [0.15, 0.2) is 0 Å². The molecular weight excluding hydrogens is 212 g/mol. The minimum Gasteiger partial charge on any atom is -0.387 e. The maximum absolute atomic E-state index is 12.0. The fourth-order valence-electron chi connectivity index (χ4n) is 1.63. The molecule has 0 saturated carbocycles. The molecule has 0 atom stereocenters. The molecule has 94 valence electrons. The smallest absolute Gasteiger partial charge is 0.253 e. The van der Waals surface area contributed by atoms with E-state index in [1.807, 2.05) is 32.2 Å². The van der Waals surface area contributed by atoms with Crippen LogP contribution in [0.5, 0.6) is 0 Å². The molecule has 1 aromatic rings. The van der Waals surface area contributed by atoms with Gasteiger partial charge in [-0.1, -0.05) is 19.9 Å². The van der Waals surface area contributed by atoms with Crippen LogP contribution >= 0.6 is 0 Å². The SMILES string of the molecule is CNc1cc(C)ccc1C(=O)NCCC(C)C. The fraction of sp³-hybridized carbons (Fsp3) is 0.500. The summed E-state index contributed by atoms with van der Waals surface area (Å²) in [6.07, 6.45) is 1.01. The zero-order valence-corrected chi connectivity index (χ0v) is 11.1. The Bertz CT molecular complexity index is 386. The van der Waals surface area contributed by atoms with Crippen LogP contribution in [-0.4, -0.2) is 19.5 Å². The number of nitrogens with one attached hydrogen (secondary N) is 2. The first-order valence-corrected chi connectivity index (χ1v) is 6.11. The second-order valence-corrected chi connectivity index (χ2v) is 4.74. The molecule has 3 nitrogen and oxygen atoms in total. The molecule has 0 bridgehead atoms. The van der Waals surface area contributed by atoms with E-state index in [-0.39, 0.29) is 5.91 Å². The van der Waals surface area contributed by atoms with Crippen molar-refractivity contribution in [2.45, 2.75) is 27.2 Å². The second kappa shape index (κ2) is 6.28. The number of rotatable bonds is 5. The summed E-state index contributed by atoms with van der Waals surface area (Å²) in [5, 5.41) is 6.00. The number of amides is 1. The summed E-state index contributed by atoms with van der Waals surface area (Å²) < 4.78 is 0. The Balaban J connectivity index is 2.68. The molecule has 0 radical (unpaired) electrons. The van der Waals surface area contributed by atoms with E-state index in [0.29, 0.717) is 11.5 Å². The Morgan fingerprint density at radius 3 is 2.65 bits per heavy atom. The third-order valence-electron chi connectivity index (χ3n) is 2.70. The molecule has 0 saturated heterocycles. The average Bonchev–Trinajstić information content (AvgIpc) is 2.28. The van der Waals surface area contributed by atoms with Crippen molar-refractivity contribution in [1.82, 2.24) is 5.32 Å². The van der Waals surface area contributed by atoms with Gasteiger partial charge in [0.05, 0.1) is 5.56 Å². The van der Waals surface area contributed by atoms with E-state index in [1.54, 1.807) is 0 Å². The van der Waals surface area contributed by atoms with Gasteiger partial charge in [0, 0.05) is 19.3 Å². The number of anilines is 1. The molecule has 0 unspecified atom stereocenters. The van der Waals surface area contributed by atoms with Gasteiger partial charge >= 0.3 is 0 Å². The number of aryl methyl sites for hydroxylation is 1. The summed E-state index contributed by atoms with van der Waals surface area (Å²) in [7, 11) is 1.83. The van der Waals surface area contributed by atoms with Gasteiger partial charge in [-0.3, -0.25) is 4.79 Å². The summed E-state index contributed by atoms with van der Waals surface area (Å²) in [6.45, 7) is 7.04. The minimum absolute atomic E-state index is 0.00463. The first kappa shape index (κ1) is 13.6. The highest BCUT2D eigenvalue weighted by Gasteiger charge is 2.10. The molecule has 3 heteroatoms. The summed E-state index contributed by atoms with van der Waals surface area (Å²) in [4.78, 5) is 12.0. The number of hydrogen-bond donors (Lipinski definition) is 2. The molecule has 0 aromatic heterocycles. The standard InChI is InChI=1S/C14H22N2O/c1-10(2)7-8-16-14(17)12-6-5-11(3)9-13(12)15-4/h5-6,9-10,15H,7-8H2,1-4H3,(H,16,17). The van der Waals surface area contributed by atoms with Crippen molar-refractivity contribution in [3.05, 3.63) is 29.3 Å². The Kier molecular flexibility index (Phi) is 5.01. The van der Waals surface area contributed by atoms with E-state index in [1.165, 1.54) is 0 Å². The lowest BCUT2D eigenvalue weighted by molar-refractivity contribution is 0.0953. The van der Waals surface area contributed by atoms with Gasteiger partial charge in [0.25, 0.3) is 5.91 Å². The largest absolute Gasteiger partial charge is 0.387 e. The van der Waals surface area contributed by atoms with Gasteiger partial charge in [0.1, 0.15) is 0 Å². The quantitative estimate of drug-likeness (QED) is 0.822. The van der Waals surface area contributed by atoms with Crippen LogP contribution in [0.2, 0.25) is 0 Å². The number of carbonyl (C=O) groups is 1. The van der Waals surface area contributed by atoms with Gasteiger partial charge in [0.2, 0.25) is 0 Å². The lowest BCUT2D eigenvalue weighted by Gasteiger charge is -2.11. The maximum atomic E-state index is 12.0. The summed E-state index contributed by atoms with van der Waals surface area (Å²) in [6, 6.07) is 5.81. The Morgan fingerprint density at radius 1 is 1.35 bits per heavy atom. The van der Waals surface area contributed by atoms with Crippen LogP contribution in [0.4, 0.5) is 5.69 Å². The number of benzene rings is 1. The summed E-state index contributed by atoms with van der Waals surface area (Å²) >= 11 is 0. The molecule has 0 aliphatic carbocycles. The van der Waals surface area contributed by atoms with Gasteiger partial charge in [-0.05, 0) is 37.0 Å². The van der Waals surface area contributed by atoms with E-state index < -0.39 is 0 Å². The summed E-state index contributed by atoms with van der Waals surface area (Å²) in [5.74, 6) is 0.604. The van der Waals surface area contributed by atoms with Crippen LogP contribution in [0.3, 0.4) is 0 Å². The highest BCUT2D eigenvalue weighted by molar-refractivity contribution is 5.99. The molecule has 0 heterocycles. The zero-order chi connectivity index (χ0) is 12.8. The summed E-state index contributed by atoms with van der Waals surface area (Å²) in [5.41, 5.74) is 2.74. The molecule has 0 spiro atoms. The number of hydrogen-bond acceptors (Lipinski definition) is 2. The van der Waals surface area contributed by atoms with Gasteiger partial charge in [-0.2, -0.15) is 0 Å². The Labute approximate surface area is 104 Å². The Morgan fingerprint density at radius 2 is 2.06 bits per heavy atom. The van der Waals surface area contributed by atoms with E-state index in [0.717, 1.165) is 24.2 Å². The molecule has 0 aliphatic heterocycles. The molecule has 0 fully saturated rings. The molecule has 0 aliphatic rings. The van der Waals surface area contributed by atoms with Crippen molar-refractivity contribution in [2.24, 2.45) is 5.92 Å². The molecule has 1 aromatic carbocycles. The highest BCUT2D eigenvalue weighted by Crippen LogP contribution is 2.16. The first-order chi connectivity index (χ1) is 8.04. The third kappa shape index (κ3) is 4.10. The highest BCUT2D eigenvalue weighted by atomic mass is 16.1. The second-order valence-electron chi connectivity index (χ2n) is 4.74. The van der Waals surface area contributed by atoms with Crippen LogP contribution in [0.25, 0.3) is 0 Å². The Hall–Kier alpha value is -1.51. The van der Waals surface area contributed by atoms with Gasteiger partial charge in [-0.25, -0.2) is 0 Å². The van der Waals surface area contributed by atoms with Crippen LogP contribution < -0.4 is 10.6 Å². The van der Waals surface area contributed by atoms with Crippen LogP contribution in [0, 0.1) is 12.8 Å². The first-order valence-electron chi connectivity index (χ1n) is 6.11. The predicted molar refractivity (Wildman–Crippen MR) is 72.5 cm³/mol. The normalized spacial score (nSPS) is 10.4. The molecular formula is C14H22N2O. The average molecular weight is 234 g/mol. The topological polar surface area (TPSA) is 41.1 Å². The van der Waals surface area contributed by atoms with E-state index in [4.69, 9.17) is 0 Å². The van der Waals surface area contributed by atoms with Gasteiger partial charge in [-0.15, -0.1) is 0 Å².